The third-order valence-electron chi connectivity index (χ3n) is 4.41. The zero-order valence-electron chi connectivity index (χ0n) is 15.7. The fraction of sp³-hybridized carbons (Fsp3) is 0.0870. The molecule has 1 N–H and O–H groups in total. The number of rotatable bonds is 7. The van der Waals surface area contributed by atoms with Crippen LogP contribution in [0.15, 0.2) is 95.9 Å². The van der Waals surface area contributed by atoms with E-state index in [1.807, 2.05) is 72.8 Å². The molecule has 0 unspecified atom stereocenters. The third-order valence-corrected chi connectivity index (χ3v) is 4.41. The molecule has 0 bridgehead atoms. The number of nitrogens with one attached hydrogen (secondary N) is 1. The van der Waals surface area contributed by atoms with Crippen LogP contribution in [0.1, 0.15) is 21.8 Å². The Kier molecular flexibility index (Phi) is 5.62. The number of carbonyl (C=O) groups excluding carboxylic acids is 1. The summed E-state index contributed by atoms with van der Waals surface area (Å²) in [5.41, 5.74) is 2.17. The van der Waals surface area contributed by atoms with E-state index >= 15 is 0 Å². The molecule has 0 atom stereocenters. The lowest BCUT2D eigenvalue weighted by Gasteiger charge is -2.23. The van der Waals surface area contributed by atoms with Gasteiger partial charge in [0.25, 0.3) is 5.91 Å². The lowest BCUT2D eigenvalue weighted by atomic mass is 10.2. The van der Waals surface area contributed by atoms with Gasteiger partial charge in [0, 0.05) is 11.8 Å². The maximum Gasteiger partial charge on any atom is 0.277 e. The van der Waals surface area contributed by atoms with Crippen LogP contribution in [0.2, 0.25) is 0 Å². The van der Waals surface area contributed by atoms with Crippen LogP contribution in [0.5, 0.6) is 0 Å². The molecule has 6 heteroatoms. The molecule has 0 aliphatic carbocycles. The number of benzene rings is 2. The molecular weight excluding hydrogens is 364 g/mol. The molecule has 6 nitrogen and oxygen atoms in total. The SMILES string of the molecule is O=C(c1cc(NCc2ccco2)ncn1)N(Cc1ccccc1)c1ccccc1. The van der Waals surface area contributed by atoms with E-state index in [0.29, 0.717) is 24.6 Å². The number of aromatic nitrogens is 2. The summed E-state index contributed by atoms with van der Waals surface area (Å²) in [6, 6.07) is 24.8. The minimum Gasteiger partial charge on any atom is -0.467 e. The van der Waals surface area contributed by atoms with Crippen LogP contribution in [0.25, 0.3) is 0 Å². The molecule has 2 aromatic carbocycles. The van der Waals surface area contributed by atoms with Gasteiger partial charge in [0.05, 0.1) is 19.4 Å². The van der Waals surface area contributed by atoms with Crippen molar-refractivity contribution in [2.24, 2.45) is 0 Å². The fourth-order valence-electron chi connectivity index (χ4n) is 2.95. The first-order chi connectivity index (χ1) is 14.3. The van der Waals surface area contributed by atoms with Crippen molar-refractivity contribution in [3.05, 3.63) is 108 Å². The molecule has 29 heavy (non-hydrogen) atoms. The van der Waals surface area contributed by atoms with Gasteiger partial charge in [0.1, 0.15) is 23.6 Å². The first-order valence-electron chi connectivity index (χ1n) is 9.29. The second-order valence-electron chi connectivity index (χ2n) is 6.43. The highest BCUT2D eigenvalue weighted by Crippen LogP contribution is 2.20. The van der Waals surface area contributed by atoms with Gasteiger partial charge in [-0.2, -0.15) is 0 Å². The molecule has 0 fully saturated rings. The Morgan fingerprint density at radius 2 is 1.69 bits per heavy atom. The van der Waals surface area contributed by atoms with Gasteiger partial charge in [-0.3, -0.25) is 4.79 Å². The van der Waals surface area contributed by atoms with Crippen LogP contribution in [-0.4, -0.2) is 15.9 Å². The van der Waals surface area contributed by atoms with Crippen LogP contribution in [0.4, 0.5) is 11.5 Å². The minimum absolute atomic E-state index is 0.191. The van der Waals surface area contributed by atoms with E-state index in [-0.39, 0.29) is 5.91 Å². The Balaban J connectivity index is 1.57. The van der Waals surface area contributed by atoms with Crippen molar-refractivity contribution in [1.82, 2.24) is 9.97 Å². The van der Waals surface area contributed by atoms with Crippen molar-refractivity contribution >= 4 is 17.4 Å². The second kappa shape index (κ2) is 8.84. The number of hydrogen-bond acceptors (Lipinski definition) is 5. The summed E-state index contributed by atoms with van der Waals surface area (Å²) in [7, 11) is 0. The van der Waals surface area contributed by atoms with E-state index in [2.05, 4.69) is 15.3 Å². The highest BCUT2D eigenvalue weighted by atomic mass is 16.3. The van der Waals surface area contributed by atoms with Gasteiger partial charge < -0.3 is 14.6 Å². The maximum atomic E-state index is 13.3. The number of para-hydroxylation sites is 1. The lowest BCUT2D eigenvalue weighted by Crippen LogP contribution is -2.31. The Labute approximate surface area is 168 Å². The quantitative estimate of drug-likeness (QED) is 0.507. The first-order valence-corrected chi connectivity index (χ1v) is 9.29. The molecule has 0 spiro atoms. The Bertz CT molecular complexity index is 1050. The molecule has 2 heterocycles. The number of hydrogen-bond donors (Lipinski definition) is 1. The number of carbonyl (C=O) groups is 1. The average Bonchev–Trinajstić information content (AvgIpc) is 3.31. The molecule has 4 rings (SSSR count). The topological polar surface area (TPSA) is 71.3 Å². The molecule has 144 valence electrons. The molecule has 0 aliphatic rings. The summed E-state index contributed by atoms with van der Waals surface area (Å²) in [6.07, 6.45) is 3.01. The number of nitrogens with zero attached hydrogens (tertiary/aromatic N) is 3. The number of amides is 1. The van der Waals surface area contributed by atoms with Crippen LogP contribution in [0.3, 0.4) is 0 Å². The van der Waals surface area contributed by atoms with Gasteiger partial charge in [-0.05, 0) is 29.8 Å². The van der Waals surface area contributed by atoms with E-state index in [4.69, 9.17) is 4.42 Å². The Hall–Kier alpha value is -3.93. The summed E-state index contributed by atoms with van der Waals surface area (Å²) >= 11 is 0. The molecular formula is C23H20N4O2. The summed E-state index contributed by atoms with van der Waals surface area (Å²) in [5, 5.41) is 3.16. The van der Waals surface area contributed by atoms with E-state index in [1.165, 1.54) is 6.33 Å². The smallest absolute Gasteiger partial charge is 0.277 e. The van der Waals surface area contributed by atoms with Gasteiger partial charge in [-0.1, -0.05) is 48.5 Å². The summed E-state index contributed by atoms with van der Waals surface area (Å²) in [6.45, 7) is 0.924. The number of anilines is 2. The zero-order valence-corrected chi connectivity index (χ0v) is 15.7. The van der Waals surface area contributed by atoms with Crippen molar-refractivity contribution in [3.8, 4) is 0 Å². The summed E-state index contributed by atoms with van der Waals surface area (Å²) < 4.78 is 5.31. The predicted octanol–water partition coefficient (Wildman–Crippen LogP) is 4.53. The van der Waals surface area contributed by atoms with Gasteiger partial charge in [-0.15, -0.1) is 0 Å². The fourth-order valence-corrected chi connectivity index (χ4v) is 2.95. The second-order valence-corrected chi connectivity index (χ2v) is 6.43. The Morgan fingerprint density at radius 1 is 0.931 bits per heavy atom. The van der Waals surface area contributed by atoms with E-state index in [0.717, 1.165) is 17.0 Å². The van der Waals surface area contributed by atoms with E-state index in [1.54, 1.807) is 17.2 Å². The molecule has 0 radical (unpaired) electrons. The summed E-state index contributed by atoms with van der Waals surface area (Å²) in [4.78, 5) is 23.4. The average molecular weight is 384 g/mol. The highest BCUT2D eigenvalue weighted by Gasteiger charge is 2.20. The third kappa shape index (κ3) is 4.68. The summed E-state index contributed by atoms with van der Waals surface area (Å²) in [5.74, 6) is 1.16. The highest BCUT2D eigenvalue weighted by molar-refractivity contribution is 6.05. The van der Waals surface area contributed by atoms with Crippen LogP contribution in [0, 0.1) is 0 Å². The molecule has 2 aromatic heterocycles. The van der Waals surface area contributed by atoms with Crippen molar-refractivity contribution in [2.45, 2.75) is 13.1 Å². The standard InChI is InChI=1S/C23H20N4O2/c28-23(21-14-22(26-17-25-21)24-15-20-12-7-13-29-20)27(19-10-5-2-6-11-19)16-18-8-3-1-4-9-18/h1-14,17H,15-16H2,(H,24,25,26). The van der Waals surface area contributed by atoms with Crippen LogP contribution < -0.4 is 10.2 Å². The lowest BCUT2D eigenvalue weighted by molar-refractivity contribution is 0.0980. The van der Waals surface area contributed by atoms with Crippen molar-refractivity contribution < 1.29 is 9.21 Å². The van der Waals surface area contributed by atoms with E-state index in [9.17, 15) is 4.79 Å². The first kappa shape index (κ1) is 18.4. The van der Waals surface area contributed by atoms with Crippen molar-refractivity contribution in [2.75, 3.05) is 10.2 Å². The molecule has 0 saturated carbocycles. The van der Waals surface area contributed by atoms with Crippen LogP contribution >= 0.6 is 0 Å². The van der Waals surface area contributed by atoms with Gasteiger partial charge in [0.2, 0.25) is 0 Å². The maximum absolute atomic E-state index is 13.3. The monoisotopic (exact) mass is 384 g/mol. The molecule has 0 saturated heterocycles. The van der Waals surface area contributed by atoms with E-state index < -0.39 is 0 Å². The predicted molar refractivity (Wildman–Crippen MR) is 111 cm³/mol. The van der Waals surface area contributed by atoms with Gasteiger partial charge in [-0.25, -0.2) is 9.97 Å². The molecule has 0 aliphatic heterocycles. The molecule has 1 amide bonds. The Morgan fingerprint density at radius 3 is 2.41 bits per heavy atom. The van der Waals surface area contributed by atoms with Crippen LogP contribution in [-0.2, 0) is 13.1 Å². The number of furan rings is 1. The van der Waals surface area contributed by atoms with Gasteiger partial charge >= 0.3 is 0 Å². The zero-order chi connectivity index (χ0) is 19.9. The largest absolute Gasteiger partial charge is 0.467 e. The molecule has 4 aromatic rings. The minimum atomic E-state index is -0.191. The van der Waals surface area contributed by atoms with Gasteiger partial charge in [0.15, 0.2) is 0 Å². The normalized spacial score (nSPS) is 10.5. The van der Waals surface area contributed by atoms with Crippen molar-refractivity contribution in [1.29, 1.82) is 0 Å². The van der Waals surface area contributed by atoms with Crippen molar-refractivity contribution in [3.63, 3.8) is 0 Å².